The fourth-order valence-electron chi connectivity index (χ4n) is 6.23. The molecule has 0 amide bonds. The van der Waals surface area contributed by atoms with Gasteiger partial charge in [0, 0.05) is 34.4 Å². The summed E-state index contributed by atoms with van der Waals surface area (Å²) in [6.07, 6.45) is -1.14. The summed E-state index contributed by atoms with van der Waals surface area (Å²) in [5, 5.41) is 17.4. The van der Waals surface area contributed by atoms with E-state index in [0.29, 0.717) is 23.9 Å². The topological polar surface area (TPSA) is 402 Å². The van der Waals surface area contributed by atoms with E-state index in [0.717, 1.165) is 12.1 Å². The molecule has 26 nitrogen and oxygen atoms in total. The number of rotatable bonds is 16. The second kappa shape index (κ2) is 18.7. The van der Waals surface area contributed by atoms with Crippen molar-refractivity contribution in [2.75, 3.05) is 27.8 Å². The molecule has 0 saturated heterocycles. The second-order valence-electron chi connectivity index (χ2n) is 13.9. The summed E-state index contributed by atoms with van der Waals surface area (Å²) in [4.78, 5) is 19.8. The highest BCUT2D eigenvalue weighted by atomic mass is 35.5. The first-order chi connectivity index (χ1) is 31.7. The number of hydrogen-bond donors (Lipinski definition) is 9. The van der Waals surface area contributed by atoms with E-state index in [2.05, 4.69) is 61.4 Å². The second-order valence-corrected chi connectivity index (χ2v) is 20.8. The first-order valence-electron chi connectivity index (χ1n) is 18.3. The lowest BCUT2D eigenvalue weighted by Crippen LogP contribution is -2.27. The van der Waals surface area contributed by atoms with Crippen molar-refractivity contribution in [2.24, 2.45) is 10.2 Å². The molecule has 356 valence electrons. The number of azo groups is 1. The number of nitrogens with zero attached hydrogens (tertiary/aromatic N) is 8. The largest absolute Gasteiger partial charge is 0.352 e. The van der Waals surface area contributed by atoms with E-state index in [1.165, 1.54) is 48.5 Å². The van der Waals surface area contributed by atoms with Gasteiger partial charge in [-0.05, 0) is 90.6 Å². The molecule has 7 rings (SSSR count). The molecular weight excluding hydrogens is 1030 g/mol. The summed E-state index contributed by atoms with van der Waals surface area (Å²) in [7, 11) is -23.5. The highest BCUT2D eigenvalue weighted by Gasteiger charge is 2.26. The number of fused-ring (bicyclic) bond motifs is 2. The van der Waals surface area contributed by atoms with Crippen LogP contribution in [0.1, 0.15) is 6.92 Å². The van der Waals surface area contributed by atoms with Gasteiger partial charge in [0.25, 0.3) is 40.5 Å². The van der Waals surface area contributed by atoms with Crippen molar-refractivity contribution in [3.63, 3.8) is 0 Å². The molecule has 68 heavy (non-hydrogen) atoms. The third-order valence-corrected chi connectivity index (χ3v) is 13.5. The highest BCUT2D eigenvalue weighted by Crippen LogP contribution is 2.40. The number of aromatic nitrogens is 6. The molecule has 0 aliphatic carbocycles. The molecule has 0 bridgehead atoms. The maximum atomic E-state index is 14.4. The Morgan fingerprint density at radius 2 is 1.26 bits per heavy atom. The van der Waals surface area contributed by atoms with Crippen molar-refractivity contribution in [2.45, 2.75) is 37.4 Å². The van der Waals surface area contributed by atoms with Gasteiger partial charge in [0.15, 0.2) is 10.7 Å². The Bertz CT molecular complexity index is 3770. The van der Waals surface area contributed by atoms with Crippen LogP contribution in [-0.2, 0) is 51.2 Å². The van der Waals surface area contributed by atoms with Crippen LogP contribution in [0.15, 0.2) is 114 Å². The average Bonchev–Trinajstić information content (AvgIpc) is 3.23. The molecule has 2 aromatic heterocycles. The fraction of sp³-hybridized carbons (Fsp3) is 0.0857. The van der Waals surface area contributed by atoms with Crippen LogP contribution in [0.25, 0.3) is 21.5 Å². The molecule has 1 unspecified atom stereocenters. The molecule has 2 heterocycles. The molecule has 33 heteroatoms. The molecule has 0 saturated carbocycles. The Morgan fingerprint density at radius 3 is 1.91 bits per heavy atom. The van der Waals surface area contributed by atoms with Crippen molar-refractivity contribution in [1.82, 2.24) is 29.9 Å². The number of hydrogen-bond acceptors (Lipinski definition) is 22. The smallest absolute Gasteiger partial charge is 0.315 e. The first-order valence-corrected chi connectivity index (χ1v) is 25.7. The van der Waals surface area contributed by atoms with E-state index < -0.39 is 99.3 Å². The Kier molecular flexibility index (Phi) is 13.5. The SMILES string of the molecule is CC(CNc1nc(Cl)nc(Nc2ccc(N=Nc3cc4c(S(=O)(=O)O)cc(S(=O)(=O)O)cc4cc3S(=O)(=O)O)c3cccc(S(=O)(=O)O)c23)n1)Nc1nc(F)nc(Nc2ccc([SH](=O)=O)cc2)n1. The predicted octanol–water partition coefficient (Wildman–Crippen LogP) is 4.93. The van der Waals surface area contributed by atoms with Gasteiger partial charge >= 0.3 is 6.08 Å². The van der Waals surface area contributed by atoms with E-state index in [1.54, 1.807) is 6.92 Å². The zero-order chi connectivity index (χ0) is 49.5. The van der Waals surface area contributed by atoms with E-state index in [4.69, 9.17) is 11.6 Å². The molecule has 0 radical (unpaired) electrons. The monoisotopic (exact) mass is 1050 g/mol. The lowest BCUT2D eigenvalue weighted by molar-refractivity contribution is 0.479. The standard InChI is InChI=1S/C35H28ClFN12O14S5/c1-16(39-33-44-31(37)45-34(47-33)40-18-5-7-19(8-6-18)64(50)51)15-38-32-42-30(36)43-35(46-32)41-24-10-9-23(21-3-2-4-26(29(21)24)66(55,56)57)48-49-25-14-22-17(12-28(25)68(61,62)63)11-20(65(52,53)54)13-27(22)67(58,59)60/h2-14,16,64H,15H2,1H3,(H,52,53,54)(H,55,56,57)(H,58,59,60)(H,61,62,63)(H2,38,41,42,43,46)(H2,39,40,44,45,47). The van der Waals surface area contributed by atoms with Crippen LogP contribution >= 0.6 is 11.6 Å². The van der Waals surface area contributed by atoms with Gasteiger partial charge in [-0.25, -0.2) is 8.42 Å². The van der Waals surface area contributed by atoms with Crippen LogP contribution in [0.2, 0.25) is 5.28 Å². The van der Waals surface area contributed by atoms with Crippen molar-refractivity contribution in [3.8, 4) is 0 Å². The molecule has 0 aliphatic rings. The quantitative estimate of drug-likeness (QED) is 0.0352. The molecule has 7 aromatic rings. The van der Waals surface area contributed by atoms with Crippen LogP contribution in [0.4, 0.5) is 50.9 Å². The van der Waals surface area contributed by atoms with Crippen molar-refractivity contribution in [1.29, 1.82) is 0 Å². The van der Waals surface area contributed by atoms with Gasteiger partial charge in [-0.15, -0.1) is 10.2 Å². The Hall–Kier alpha value is -6.75. The van der Waals surface area contributed by atoms with Crippen molar-refractivity contribution in [3.05, 3.63) is 90.2 Å². The van der Waals surface area contributed by atoms with Crippen molar-refractivity contribution < 1.29 is 64.7 Å². The lowest BCUT2D eigenvalue weighted by Gasteiger charge is -2.16. The Morgan fingerprint density at radius 1 is 0.647 bits per heavy atom. The minimum absolute atomic E-state index is 0.0133. The molecule has 1 atom stereocenters. The Labute approximate surface area is 389 Å². The molecule has 0 spiro atoms. The number of nitrogens with one attached hydrogen (secondary N) is 4. The van der Waals surface area contributed by atoms with Gasteiger partial charge in [0.2, 0.25) is 29.1 Å². The zero-order valence-electron chi connectivity index (χ0n) is 33.6. The molecule has 8 N–H and O–H groups in total. The minimum atomic E-state index is -5.27. The maximum Gasteiger partial charge on any atom is 0.315 e. The van der Waals surface area contributed by atoms with Crippen LogP contribution in [-0.4, -0.2) is 103 Å². The summed E-state index contributed by atoms with van der Waals surface area (Å²) >= 11 is 6.20. The average molecular weight is 1060 g/mol. The molecular formula is C35H28ClFN12O14S5. The van der Waals surface area contributed by atoms with Crippen LogP contribution in [0, 0.1) is 6.08 Å². The normalized spacial score (nSPS) is 13.0. The van der Waals surface area contributed by atoms with Crippen LogP contribution in [0.5, 0.6) is 0 Å². The van der Waals surface area contributed by atoms with E-state index in [9.17, 15) is 64.7 Å². The van der Waals surface area contributed by atoms with E-state index in [1.807, 2.05) is 0 Å². The highest BCUT2D eigenvalue weighted by molar-refractivity contribution is 7.87. The van der Waals surface area contributed by atoms with Gasteiger partial charge in [-0.1, -0.05) is 12.1 Å². The van der Waals surface area contributed by atoms with Crippen LogP contribution < -0.4 is 21.3 Å². The first kappa shape index (κ1) is 49.2. The zero-order valence-corrected chi connectivity index (χ0v) is 38.5. The summed E-state index contributed by atoms with van der Waals surface area (Å²) in [6, 6.07) is 13.3. The van der Waals surface area contributed by atoms with Gasteiger partial charge in [-0.2, -0.15) is 68.0 Å². The lowest BCUT2D eigenvalue weighted by atomic mass is 10.1. The van der Waals surface area contributed by atoms with Crippen LogP contribution in [0.3, 0.4) is 0 Å². The fourth-order valence-corrected chi connectivity index (χ4v) is 9.49. The molecule has 5 aromatic carbocycles. The van der Waals surface area contributed by atoms with Gasteiger partial charge in [0.05, 0.1) is 21.2 Å². The maximum absolute atomic E-state index is 14.4. The van der Waals surface area contributed by atoms with Gasteiger partial charge < -0.3 is 21.3 Å². The minimum Gasteiger partial charge on any atom is -0.352 e. The summed E-state index contributed by atoms with van der Waals surface area (Å²) in [5.41, 5.74) is -0.721. The van der Waals surface area contributed by atoms with E-state index >= 15 is 0 Å². The predicted molar refractivity (Wildman–Crippen MR) is 239 cm³/mol. The summed E-state index contributed by atoms with van der Waals surface area (Å²) in [5.74, 6) is -0.794. The van der Waals surface area contributed by atoms with Gasteiger partial charge in [-0.3, -0.25) is 18.2 Å². The number of thiol groups is 1. The van der Waals surface area contributed by atoms with Crippen molar-refractivity contribution >= 4 is 131 Å². The third-order valence-electron chi connectivity index (χ3n) is 9.08. The molecule has 0 aliphatic heterocycles. The third kappa shape index (κ3) is 11.5. The molecule has 0 fully saturated rings. The number of halogens is 2. The number of benzene rings is 5. The summed E-state index contributed by atoms with van der Waals surface area (Å²) in [6.45, 7) is 1.66. The summed E-state index contributed by atoms with van der Waals surface area (Å²) < 4.78 is 175. The van der Waals surface area contributed by atoms with E-state index in [-0.39, 0.29) is 62.7 Å². The number of anilines is 6. The van der Waals surface area contributed by atoms with Gasteiger partial charge in [0.1, 0.15) is 20.4 Å². The Balaban J connectivity index is 1.18.